The molecule has 0 aliphatic heterocycles. The Hall–Kier alpha value is -3.48. The SMILES string of the molecule is COc1ccc(Nc2ncnc(Oc3ccc(OC)cc3)c2N)cc1. The maximum atomic E-state index is 6.13. The number of nitrogen functional groups attached to an aromatic ring is 1. The summed E-state index contributed by atoms with van der Waals surface area (Å²) in [6, 6.07) is 14.6. The largest absolute Gasteiger partial charge is 0.497 e. The predicted octanol–water partition coefficient (Wildman–Crippen LogP) is 3.61. The van der Waals surface area contributed by atoms with E-state index in [4.69, 9.17) is 19.9 Å². The fourth-order valence-electron chi connectivity index (χ4n) is 2.13. The third kappa shape index (κ3) is 3.89. The summed E-state index contributed by atoms with van der Waals surface area (Å²) in [5.74, 6) is 2.84. The molecule has 0 atom stereocenters. The zero-order chi connectivity index (χ0) is 17.6. The van der Waals surface area contributed by atoms with E-state index in [1.807, 2.05) is 24.3 Å². The minimum Gasteiger partial charge on any atom is -0.497 e. The van der Waals surface area contributed by atoms with E-state index in [-0.39, 0.29) is 5.88 Å². The van der Waals surface area contributed by atoms with Crippen LogP contribution in [0.25, 0.3) is 0 Å². The normalized spacial score (nSPS) is 10.2. The van der Waals surface area contributed by atoms with Gasteiger partial charge in [-0.3, -0.25) is 0 Å². The van der Waals surface area contributed by atoms with E-state index >= 15 is 0 Å². The van der Waals surface area contributed by atoms with Crippen LogP contribution in [0.1, 0.15) is 0 Å². The Balaban J connectivity index is 1.78. The highest BCUT2D eigenvalue weighted by Crippen LogP contribution is 2.31. The summed E-state index contributed by atoms with van der Waals surface area (Å²) in [6.45, 7) is 0. The first kappa shape index (κ1) is 16.4. The molecule has 25 heavy (non-hydrogen) atoms. The lowest BCUT2D eigenvalue weighted by Gasteiger charge is -2.12. The number of methoxy groups -OCH3 is 2. The molecule has 1 aromatic heterocycles. The molecule has 3 aromatic rings. The third-order valence-corrected chi connectivity index (χ3v) is 3.47. The van der Waals surface area contributed by atoms with Crippen LogP contribution in [0.5, 0.6) is 23.1 Å². The first-order valence-electron chi connectivity index (χ1n) is 7.53. The zero-order valence-corrected chi connectivity index (χ0v) is 13.9. The highest BCUT2D eigenvalue weighted by molar-refractivity contribution is 5.72. The molecule has 0 bridgehead atoms. The van der Waals surface area contributed by atoms with Gasteiger partial charge in [0.1, 0.15) is 29.3 Å². The molecule has 0 aliphatic carbocycles. The van der Waals surface area contributed by atoms with Crippen LogP contribution in [-0.2, 0) is 0 Å². The molecule has 128 valence electrons. The van der Waals surface area contributed by atoms with E-state index in [9.17, 15) is 0 Å². The number of nitrogens with zero attached hydrogens (tertiary/aromatic N) is 2. The van der Waals surface area contributed by atoms with Crippen LogP contribution < -0.4 is 25.3 Å². The monoisotopic (exact) mass is 338 g/mol. The predicted molar refractivity (Wildman–Crippen MR) is 95.8 cm³/mol. The van der Waals surface area contributed by atoms with Crippen LogP contribution >= 0.6 is 0 Å². The Labute approximate surface area is 145 Å². The van der Waals surface area contributed by atoms with E-state index in [0.29, 0.717) is 17.3 Å². The van der Waals surface area contributed by atoms with Crippen molar-refractivity contribution in [3.05, 3.63) is 54.9 Å². The summed E-state index contributed by atoms with van der Waals surface area (Å²) < 4.78 is 16.0. The lowest BCUT2D eigenvalue weighted by Crippen LogP contribution is -2.03. The quantitative estimate of drug-likeness (QED) is 0.709. The summed E-state index contributed by atoms with van der Waals surface area (Å²) in [6.07, 6.45) is 1.39. The molecule has 0 aliphatic rings. The first-order valence-corrected chi connectivity index (χ1v) is 7.53. The van der Waals surface area contributed by atoms with E-state index in [1.54, 1.807) is 38.5 Å². The van der Waals surface area contributed by atoms with Crippen molar-refractivity contribution in [1.82, 2.24) is 9.97 Å². The van der Waals surface area contributed by atoms with Crippen molar-refractivity contribution < 1.29 is 14.2 Å². The van der Waals surface area contributed by atoms with Gasteiger partial charge in [-0.05, 0) is 48.5 Å². The van der Waals surface area contributed by atoms with Gasteiger partial charge in [0, 0.05) is 5.69 Å². The van der Waals surface area contributed by atoms with Crippen LogP contribution in [0.3, 0.4) is 0 Å². The van der Waals surface area contributed by atoms with Gasteiger partial charge in [-0.1, -0.05) is 0 Å². The number of aromatic nitrogens is 2. The van der Waals surface area contributed by atoms with Crippen LogP contribution in [0.15, 0.2) is 54.9 Å². The third-order valence-electron chi connectivity index (χ3n) is 3.47. The van der Waals surface area contributed by atoms with Gasteiger partial charge in [0.05, 0.1) is 14.2 Å². The van der Waals surface area contributed by atoms with Gasteiger partial charge in [-0.25, -0.2) is 4.98 Å². The summed E-state index contributed by atoms with van der Waals surface area (Å²) in [4.78, 5) is 8.26. The number of nitrogens with one attached hydrogen (secondary N) is 1. The van der Waals surface area contributed by atoms with Crippen LogP contribution in [0.2, 0.25) is 0 Å². The molecule has 1 heterocycles. The lowest BCUT2D eigenvalue weighted by atomic mass is 10.3. The van der Waals surface area contributed by atoms with Crippen molar-refractivity contribution in [2.75, 3.05) is 25.3 Å². The maximum absolute atomic E-state index is 6.13. The minimum atomic E-state index is 0.274. The number of nitrogens with two attached hydrogens (primary N) is 1. The second kappa shape index (κ2) is 7.39. The number of benzene rings is 2. The topological polar surface area (TPSA) is 91.5 Å². The summed E-state index contributed by atoms with van der Waals surface area (Å²) in [5, 5.41) is 3.14. The molecule has 0 saturated heterocycles. The van der Waals surface area contributed by atoms with Gasteiger partial charge < -0.3 is 25.3 Å². The number of hydrogen-bond acceptors (Lipinski definition) is 7. The molecule has 0 spiro atoms. The summed E-state index contributed by atoms with van der Waals surface area (Å²) >= 11 is 0. The molecule has 0 unspecified atom stereocenters. The zero-order valence-electron chi connectivity index (χ0n) is 13.9. The van der Waals surface area contributed by atoms with Crippen LogP contribution in [0.4, 0.5) is 17.2 Å². The van der Waals surface area contributed by atoms with Crippen molar-refractivity contribution in [2.24, 2.45) is 0 Å². The molecule has 0 radical (unpaired) electrons. The van der Waals surface area contributed by atoms with Crippen LogP contribution in [0, 0.1) is 0 Å². The summed E-state index contributed by atoms with van der Waals surface area (Å²) in [7, 11) is 3.23. The molecule has 3 rings (SSSR count). The smallest absolute Gasteiger partial charge is 0.248 e. The highest BCUT2D eigenvalue weighted by atomic mass is 16.5. The number of hydrogen-bond donors (Lipinski definition) is 2. The molecule has 7 heteroatoms. The van der Waals surface area contributed by atoms with Crippen molar-refractivity contribution in [3.8, 4) is 23.1 Å². The Bertz CT molecular complexity index is 768. The van der Waals surface area contributed by atoms with Gasteiger partial charge in [0.2, 0.25) is 5.88 Å². The second-order valence-electron chi connectivity index (χ2n) is 5.07. The second-order valence-corrected chi connectivity index (χ2v) is 5.07. The average Bonchev–Trinajstić information content (AvgIpc) is 2.66. The molecule has 0 fully saturated rings. The highest BCUT2D eigenvalue weighted by Gasteiger charge is 2.11. The van der Waals surface area contributed by atoms with Gasteiger partial charge in [0.15, 0.2) is 5.82 Å². The van der Waals surface area contributed by atoms with Gasteiger partial charge in [-0.15, -0.1) is 0 Å². The number of ether oxygens (including phenoxy) is 3. The van der Waals surface area contributed by atoms with E-state index in [2.05, 4.69) is 15.3 Å². The lowest BCUT2D eigenvalue weighted by molar-refractivity contribution is 0.412. The van der Waals surface area contributed by atoms with E-state index < -0.39 is 0 Å². The van der Waals surface area contributed by atoms with E-state index in [0.717, 1.165) is 17.2 Å². The Morgan fingerprint density at radius 2 is 1.36 bits per heavy atom. The molecular weight excluding hydrogens is 320 g/mol. The average molecular weight is 338 g/mol. The standard InChI is InChI=1S/C18H18N4O3/c1-23-13-5-3-12(4-6-13)22-17-16(19)18(21-11-20-17)25-15-9-7-14(24-2)8-10-15/h3-11H,19H2,1-2H3,(H,20,21,22). The van der Waals surface area contributed by atoms with Gasteiger partial charge in [0.25, 0.3) is 0 Å². The van der Waals surface area contributed by atoms with Gasteiger partial charge in [-0.2, -0.15) is 4.98 Å². The van der Waals surface area contributed by atoms with Crippen molar-refractivity contribution in [2.45, 2.75) is 0 Å². The van der Waals surface area contributed by atoms with Crippen molar-refractivity contribution >= 4 is 17.2 Å². The molecule has 3 N–H and O–H groups in total. The van der Waals surface area contributed by atoms with Crippen molar-refractivity contribution in [3.63, 3.8) is 0 Å². The Kier molecular flexibility index (Phi) is 4.84. The maximum Gasteiger partial charge on any atom is 0.248 e. The minimum absolute atomic E-state index is 0.274. The Morgan fingerprint density at radius 1 is 0.800 bits per heavy atom. The Morgan fingerprint density at radius 3 is 1.96 bits per heavy atom. The molecule has 2 aromatic carbocycles. The van der Waals surface area contributed by atoms with Gasteiger partial charge >= 0.3 is 0 Å². The van der Waals surface area contributed by atoms with E-state index in [1.165, 1.54) is 6.33 Å². The molecule has 7 nitrogen and oxygen atoms in total. The number of rotatable bonds is 6. The van der Waals surface area contributed by atoms with Crippen molar-refractivity contribution in [1.29, 1.82) is 0 Å². The fraction of sp³-hybridized carbons (Fsp3) is 0.111. The fourth-order valence-corrected chi connectivity index (χ4v) is 2.13. The summed E-state index contributed by atoms with van der Waals surface area (Å²) in [5.41, 5.74) is 7.26. The first-order chi connectivity index (χ1) is 12.2. The molecule has 0 amide bonds. The molecule has 0 saturated carbocycles. The number of anilines is 3. The molecular formula is C18H18N4O3. The van der Waals surface area contributed by atoms with Crippen LogP contribution in [-0.4, -0.2) is 24.2 Å².